The maximum atomic E-state index is 12.1. The Morgan fingerprint density at radius 2 is 2.00 bits per heavy atom. The molecule has 0 spiro atoms. The highest BCUT2D eigenvalue weighted by Gasteiger charge is 2.55. The molecule has 6 nitrogen and oxygen atoms in total. The number of rotatable bonds is 6. The molecular weight excluding hydrogens is 274 g/mol. The van der Waals surface area contributed by atoms with Gasteiger partial charge in [-0.1, -0.05) is 31.2 Å². The van der Waals surface area contributed by atoms with Gasteiger partial charge in [-0.05, 0) is 18.9 Å². The summed E-state index contributed by atoms with van der Waals surface area (Å²) in [7, 11) is 0. The fourth-order valence-electron chi connectivity index (χ4n) is 2.12. The third-order valence-electron chi connectivity index (χ3n) is 3.64. The molecule has 0 saturated heterocycles. The van der Waals surface area contributed by atoms with Crippen molar-refractivity contribution >= 4 is 11.8 Å². The molecular formula is C15H17NO5. The van der Waals surface area contributed by atoms with Crippen LogP contribution in [0.3, 0.4) is 0 Å². The number of aryl methyl sites for hydroxylation is 1. The molecule has 0 aromatic heterocycles. The molecule has 0 bridgehead atoms. The van der Waals surface area contributed by atoms with Crippen LogP contribution >= 0.6 is 0 Å². The molecule has 1 aromatic rings. The van der Waals surface area contributed by atoms with Gasteiger partial charge in [-0.3, -0.25) is 19.7 Å². The Hall–Kier alpha value is -2.24. The predicted molar refractivity (Wildman–Crippen MR) is 74.6 cm³/mol. The molecule has 3 atom stereocenters. The second kappa shape index (κ2) is 6.03. The zero-order valence-electron chi connectivity index (χ0n) is 11.9. The van der Waals surface area contributed by atoms with Gasteiger partial charge < -0.3 is 4.74 Å². The standard InChI is InChI=1S/C15H17NO5/c1-3-10-4-6-11(7-5-10)14(17)9(2)21-15(18)12-8-13(12)16(19)20/h4-7,9,12-13H,3,8H2,1-2H3. The first-order chi connectivity index (χ1) is 9.93. The number of nitro groups is 1. The van der Waals surface area contributed by atoms with Crippen molar-refractivity contribution in [1.82, 2.24) is 0 Å². The van der Waals surface area contributed by atoms with Crippen LogP contribution in [0.1, 0.15) is 36.2 Å². The van der Waals surface area contributed by atoms with Crippen molar-refractivity contribution in [3.05, 3.63) is 45.5 Å². The van der Waals surface area contributed by atoms with Gasteiger partial charge in [0.25, 0.3) is 0 Å². The van der Waals surface area contributed by atoms with E-state index in [1.165, 1.54) is 6.92 Å². The van der Waals surface area contributed by atoms with Crippen LogP contribution < -0.4 is 0 Å². The molecule has 1 saturated carbocycles. The number of benzene rings is 1. The highest BCUT2D eigenvalue weighted by atomic mass is 16.6. The SMILES string of the molecule is CCc1ccc(C(=O)C(C)OC(=O)C2CC2[N+](=O)[O-])cc1. The van der Waals surface area contributed by atoms with Crippen LogP contribution in [0.4, 0.5) is 0 Å². The molecule has 0 aliphatic heterocycles. The number of carbonyl (C=O) groups is 2. The van der Waals surface area contributed by atoms with Gasteiger partial charge in [0.1, 0.15) is 5.92 Å². The Bertz CT molecular complexity index is 566. The Kier molecular flexibility index (Phi) is 4.35. The van der Waals surface area contributed by atoms with Gasteiger partial charge in [-0.15, -0.1) is 0 Å². The van der Waals surface area contributed by atoms with Crippen LogP contribution in [0, 0.1) is 16.0 Å². The summed E-state index contributed by atoms with van der Waals surface area (Å²) in [4.78, 5) is 33.8. The molecule has 2 rings (SSSR count). The molecule has 0 amide bonds. The number of ether oxygens (including phenoxy) is 1. The summed E-state index contributed by atoms with van der Waals surface area (Å²) in [6, 6.07) is 6.24. The number of hydrogen-bond acceptors (Lipinski definition) is 5. The molecule has 0 heterocycles. The largest absolute Gasteiger partial charge is 0.454 e. The van der Waals surface area contributed by atoms with Crippen molar-refractivity contribution < 1.29 is 19.2 Å². The van der Waals surface area contributed by atoms with E-state index in [9.17, 15) is 19.7 Å². The molecule has 112 valence electrons. The van der Waals surface area contributed by atoms with Gasteiger partial charge in [0, 0.05) is 16.9 Å². The first-order valence-corrected chi connectivity index (χ1v) is 6.91. The molecule has 21 heavy (non-hydrogen) atoms. The molecule has 3 unspecified atom stereocenters. The van der Waals surface area contributed by atoms with E-state index in [-0.39, 0.29) is 12.2 Å². The first kappa shape index (κ1) is 15.2. The summed E-state index contributed by atoms with van der Waals surface area (Å²) in [6.07, 6.45) is 0.138. The summed E-state index contributed by atoms with van der Waals surface area (Å²) >= 11 is 0. The van der Waals surface area contributed by atoms with Crippen molar-refractivity contribution in [2.24, 2.45) is 5.92 Å². The summed E-state index contributed by atoms with van der Waals surface area (Å²) < 4.78 is 5.03. The lowest BCUT2D eigenvalue weighted by molar-refractivity contribution is -0.497. The third kappa shape index (κ3) is 3.45. The second-order valence-corrected chi connectivity index (χ2v) is 5.19. The van der Waals surface area contributed by atoms with E-state index < -0.39 is 29.0 Å². The monoisotopic (exact) mass is 291 g/mol. The van der Waals surface area contributed by atoms with E-state index in [0.29, 0.717) is 5.56 Å². The second-order valence-electron chi connectivity index (χ2n) is 5.19. The molecule has 1 fully saturated rings. The molecule has 1 aliphatic carbocycles. The van der Waals surface area contributed by atoms with Crippen LogP contribution in [0.5, 0.6) is 0 Å². The first-order valence-electron chi connectivity index (χ1n) is 6.91. The molecule has 1 aliphatic rings. The van der Waals surface area contributed by atoms with Crippen LogP contribution in [-0.2, 0) is 16.0 Å². The van der Waals surface area contributed by atoms with E-state index in [1.54, 1.807) is 12.1 Å². The van der Waals surface area contributed by atoms with Crippen LogP contribution in [-0.4, -0.2) is 28.8 Å². The zero-order chi connectivity index (χ0) is 15.6. The smallest absolute Gasteiger partial charge is 0.316 e. The van der Waals surface area contributed by atoms with Gasteiger partial charge in [0.2, 0.25) is 11.8 Å². The van der Waals surface area contributed by atoms with Crippen molar-refractivity contribution in [3.63, 3.8) is 0 Å². The van der Waals surface area contributed by atoms with E-state index in [0.717, 1.165) is 12.0 Å². The van der Waals surface area contributed by atoms with Gasteiger partial charge in [-0.2, -0.15) is 0 Å². The predicted octanol–water partition coefficient (Wildman–Crippen LogP) is 2.03. The quantitative estimate of drug-likeness (QED) is 0.346. The van der Waals surface area contributed by atoms with Crippen LogP contribution in [0.15, 0.2) is 24.3 Å². The van der Waals surface area contributed by atoms with Crippen molar-refractivity contribution in [2.45, 2.75) is 38.8 Å². The lowest BCUT2D eigenvalue weighted by Gasteiger charge is -2.12. The Labute approximate surface area is 122 Å². The van der Waals surface area contributed by atoms with E-state index in [2.05, 4.69) is 0 Å². The number of nitrogens with zero attached hydrogens (tertiary/aromatic N) is 1. The van der Waals surface area contributed by atoms with Gasteiger partial charge in [0.05, 0.1) is 0 Å². The van der Waals surface area contributed by atoms with Crippen LogP contribution in [0.2, 0.25) is 0 Å². The zero-order valence-corrected chi connectivity index (χ0v) is 11.9. The van der Waals surface area contributed by atoms with Crippen LogP contribution in [0.25, 0.3) is 0 Å². The summed E-state index contributed by atoms with van der Waals surface area (Å²) in [6.45, 7) is 3.50. The van der Waals surface area contributed by atoms with Gasteiger partial charge in [-0.25, -0.2) is 0 Å². The van der Waals surface area contributed by atoms with E-state index in [1.807, 2.05) is 19.1 Å². The lowest BCUT2D eigenvalue weighted by atomic mass is 10.0. The van der Waals surface area contributed by atoms with E-state index >= 15 is 0 Å². The number of Topliss-reactive ketones (excluding diaryl/α,β-unsaturated/α-hetero) is 1. The fourth-order valence-corrected chi connectivity index (χ4v) is 2.12. The highest BCUT2D eigenvalue weighted by Crippen LogP contribution is 2.34. The van der Waals surface area contributed by atoms with Crippen molar-refractivity contribution in [1.29, 1.82) is 0 Å². The number of hydrogen-bond donors (Lipinski definition) is 0. The molecule has 1 aromatic carbocycles. The maximum absolute atomic E-state index is 12.1. The third-order valence-corrected chi connectivity index (χ3v) is 3.64. The Balaban J connectivity index is 1.93. The summed E-state index contributed by atoms with van der Waals surface area (Å²) in [5.41, 5.74) is 1.58. The number of ketones is 1. The topological polar surface area (TPSA) is 86.5 Å². The average Bonchev–Trinajstić information content (AvgIpc) is 3.27. The Morgan fingerprint density at radius 3 is 2.48 bits per heavy atom. The molecule has 0 radical (unpaired) electrons. The maximum Gasteiger partial charge on any atom is 0.316 e. The van der Waals surface area contributed by atoms with Crippen molar-refractivity contribution in [3.8, 4) is 0 Å². The van der Waals surface area contributed by atoms with Crippen molar-refractivity contribution in [2.75, 3.05) is 0 Å². The highest BCUT2D eigenvalue weighted by molar-refractivity contribution is 6.00. The fraction of sp³-hybridized carbons (Fsp3) is 0.467. The van der Waals surface area contributed by atoms with Gasteiger partial charge in [0.15, 0.2) is 6.10 Å². The molecule has 6 heteroatoms. The minimum atomic E-state index is -0.932. The minimum absolute atomic E-state index is 0.192. The average molecular weight is 291 g/mol. The number of esters is 1. The Morgan fingerprint density at radius 1 is 1.38 bits per heavy atom. The lowest BCUT2D eigenvalue weighted by Crippen LogP contribution is -2.26. The molecule has 0 N–H and O–H groups in total. The van der Waals surface area contributed by atoms with E-state index in [4.69, 9.17) is 4.74 Å². The van der Waals surface area contributed by atoms with Gasteiger partial charge >= 0.3 is 5.97 Å². The summed E-state index contributed by atoms with van der Waals surface area (Å²) in [5, 5.41) is 10.5. The number of carbonyl (C=O) groups excluding carboxylic acids is 2. The minimum Gasteiger partial charge on any atom is -0.454 e. The summed E-state index contributed by atoms with van der Waals surface area (Å²) in [5.74, 6) is -1.68. The normalized spacial score (nSPS) is 21.4.